The van der Waals surface area contributed by atoms with Crippen molar-refractivity contribution >= 4 is 136 Å². The lowest BCUT2D eigenvalue weighted by Crippen LogP contribution is -2.63. The van der Waals surface area contributed by atoms with Crippen molar-refractivity contribution in [1.82, 2.24) is 90.0 Å². The topological polar surface area (TPSA) is 762 Å². The van der Waals surface area contributed by atoms with Gasteiger partial charge in [0.05, 0.1) is 45.9 Å². The number of likely N-dealkylation sites (tertiary alicyclic amines) is 1. The third-order valence-electron chi connectivity index (χ3n) is 20.8. The third kappa shape index (κ3) is 38.3. The molecule has 0 aliphatic carbocycles. The Kier molecular flexibility index (Phi) is 49.9. The number of carbonyl (C=O) groups is 21. The van der Waals surface area contributed by atoms with Gasteiger partial charge in [-0.3, -0.25) is 95.9 Å². The Balaban J connectivity index is 2.45. The zero-order chi connectivity index (χ0) is 97.1. The highest BCUT2D eigenvalue weighted by atomic mass is 32.2. The number of nitrogens with one attached hydrogen (secondary N) is 16. The van der Waals surface area contributed by atoms with Crippen molar-refractivity contribution in [2.45, 2.75) is 249 Å². The molecule has 0 aromatic heterocycles. The molecule has 0 unspecified atom stereocenters. The van der Waals surface area contributed by atoms with E-state index in [0.717, 1.165) is 6.92 Å². The number of thioether (sulfide) groups is 1. The number of aliphatic hydroxyl groups excluding tert-OH is 4. The Morgan fingerprint density at radius 3 is 1.26 bits per heavy atom. The highest BCUT2D eigenvalue weighted by Gasteiger charge is 2.44. The maximum atomic E-state index is 14.9. The van der Waals surface area contributed by atoms with E-state index in [1.807, 2.05) is 10.6 Å². The van der Waals surface area contributed by atoms with E-state index in [1.165, 1.54) is 47.9 Å². The summed E-state index contributed by atoms with van der Waals surface area (Å²) in [5.74, 6) is -26.8. The predicted molar refractivity (Wildman–Crippen MR) is 452 cm³/mol. The normalized spacial score (nSPS) is 16.5. The van der Waals surface area contributed by atoms with Crippen LogP contribution in [0, 0.1) is 23.7 Å². The first-order chi connectivity index (χ1) is 60.2. The largest absolute Gasteiger partial charge is 0.508 e. The summed E-state index contributed by atoms with van der Waals surface area (Å²) in [5.41, 5.74) is 5.51. The van der Waals surface area contributed by atoms with Crippen LogP contribution in [0.2, 0.25) is 0 Å². The SMILES string of the molecule is CC[C@H](C)[C@H](NC(=O)[C@H](Cc1ccc(O)cc1)NC(=O)[C@H](CC(=O)O)NC(=O)[C@H](CCC(=O)O)NC(=O)[C@H](CO)NC(=O)[C@H](CO)NC(=O)[C@H](C)NC(=O)[C@H](CO)NC(=O)CNC(=O)[C@H](CCSC)NC(=O)[C@H](C)NC(=O)CN)C(=O)N[C@H](C(=O)N[C@H](C(=O)N[C@@H](CC(C)C)C(=O)N1CCC[C@H]1C(=O)N[C@@H](CCC(=O)O)C(=O)N[C@@H](CO)C(=O)O)[C@@H](C)CC)[C@@H](C)CC. The first-order valence-corrected chi connectivity index (χ1v) is 43.0. The molecule has 1 saturated heterocycles. The molecule has 1 heterocycles. The molecule has 718 valence electrons. The highest BCUT2D eigenvalue weighted by molar-refractivity contribution is 7.98. The molecule has 1 fully saturated rings. The lowest BCUT2D eigenvalue weighted by Gasteiger charge is -2.33. The number of carbonyl (C=O) groups excluding carboxylic acids is 17. The van der Waals surface area contributed by atoms with E-state index in [4.69, 9.17) is 5.73 Å². The van der Waals surface area contributed by atoms with Gasteiger partial charge in [0.1, 0.15) is 102 Å². The molecule has 48 nitrogen and oxygen atoms in total. The van der Waals surface area contributed by atoms with Crippen molar-refractivity contribution in [2.75, 3.05) is 58.1 Å². The van der Waals surface area contributed by atoms with Crippen molar-refractivity contribution in [1.29, 1.82) is 0 Å². The number of aliphatic carboxylic acids is 4. The van der Waals surface area contributed by atoms with Crippen molar-refractivity contribution in [2.24, 2.45) is 29.4 Å². The van der Waals surface area contributed by atoms with Crippen LogP contribution in [0.4, 0.5) is 0 Å². The molecule has 128 heavy (non-hydrogen) atoms. The molecule has 17 amide bonds. The Morgan fingerprint density at radius 2 is 0.805 bits per heavy atom. The zero-order valence-corrected chi connectivity index (χ0v) is 74.1. The number of benzene rings is 1. The van der Waals surface area contributed by atoms with Crippen LogP contribution in [0.25, 0.3) is 0 Å². The number of phenolic OH excluding ortho intramolecular Hbond substituents is 1. The molecule has 1 aliphatic heterocycles. The number of nitrogens with two attached hydrogens (primary N) is 1. The first kappa shape index (κ1) is 112. The molecule has 2 rings (SSSR count). The Bertz CT molecular complexity index is 4020. The van der Waals surface area contributed by atoms with Gasteiger partial charge in [0, 0.05) is 25.8 Å². The number of hydrogen-bond acceptors (Lipinski definition) is 28. The van der Waals surface area contributed by atoms with E-state index in [-0.39, 0.29) is 68.7 Å². The van der Waals surface area contributed by atoms with E-state index in [1.54, 1.807) is 61.6 Å². The molecular formula is C79H126N18O30S. The monoisotopic (exact) mass is 1840 g/mol. The molecular weight excluding hydrogens is 1710 g/mol. The molecule has 27 N–H and O–H groups in total. The van der Waals surface area contributed by atoms with E-state index >= 15 is 0 Å². The molecule has 19 atom stereocenters. The maximum absolute atomic E-state index is 14.9. The molecule has 0 spiro atoms. The number of rotatable bonds is 59. The zero-order valence-electron chi connectivity index (χ0n) is 73.2. The van der Waals surface area contributed by atoms with E-state index in [9.17, 15) is 147 Å². The average molecular weight is 1840 g/mol. The van der Waals surface area contributed by atoms with Crippen LogP contribution in [0.5, 0.6) is 5.75 Å². The van der Waals surface area contributed by atoms with E-state index in [0.29, 0.717) is 5.75 Å². The lowest BCUT2D eigenvalue weighted by atomic mass is 9.93. The fraction of sp³-hybridized carbons (Fsp3) is 0.658. The summed E-state index contributed by atoms with van der Waals surface area (Å²) >= 11 is 1.33. The molecule has 1 aromatic carbocycles. The van der Waals surface area contributed by atoms with Gasteiger partial charge in [-0.1, -0.05) is 86.8 Å². The van der Waals surface area contributed by atoms with Gasteiger partial charge in [-0.25, -0.2) is 4.79 Å². The van der Waals surface area contributed by atoms with Gasteiger partial charge in [-0.2, -0.15) is 11.8 Å². The molecule has 1 aliphatic rings. The van der Waals surface area contributed by atoms with Crippen LogP contribution < -0.4 is 90.8 Å². The quantitative estimate of drug-likeness (QED) is 0.0288. The van der Waals surface area contributed by atoms with Crippen LogP contribution in [0.15, 0.2) is 24.3 Å². The Labute approximate surface area is 742 Å². The van der Waals surface area contributed by atoms with Crippen LogP contribution in [0.3, 0.4) is 0 Å². The van der Waals surface area contributed by atoms with E-state index < -0.39 is 317 Å². The van der Waals surface area contributed by atoms with Crippen molar-refractivity contribution in [3.8, 4) is 5.75 Å². The van der Waals surface area contributed by atoms with Gasteiger partial charge in [-0.15, -0.1) is 0 Å². The van der Waals surface area contributed by atoms with Gasteiger partial charge in [0.15, 0.2) is 0 Å². The summed E-state index contributed by atoms with van der Waals surface area (Å²) in [6, 6.07) is -21.4. The lowest BCUT2D eigenvalue weighted by molar-refractivity contribution is -0.145. The van der Waals surface area contributed by atoms with Crippen LogP contribution in [0.1, 0.15) is 152 Å². The minimum Gasteiger partial charge on any atom is -0.508 e. The fourth-order valence-corrected chi connectivity index (χ4v) is 13.1. The highest BCUT2D eigenvalue weighted by Crippen LogP contribution is 2.23. The second kappa shape index (κ2) is 57.0. The molecule has 0 bridgehead atoms. The number of aliphatic hydroxyl groups is 4. The standard InChI is InChI=1S/C79H126N18O30S/c1-12-38(6)61(75(122)90-50(28-37(4)5)78(125)97-26-15-16-55(97)74(121)87-46(22-24-59(107)108)68(115)93-54(36-101)79(126)127)95-77(124)63(40(8)14-3)96-76(123)62(39(7)13-2)94-70(117)48(29-43-17-19-44(102)20-18-43)88-69(116)49(30-60(109)110)89-67(114)45(21-23-58(105)106)86-72(119)53(35-100)92-73(120)52(34-99)91-65(112)42(10)83-71(118)51(33-98)84-57(104)32-81-66(113)47(25-27-128-11)85-64(111)41(9)82-56(103)31-80/h17-20,37-42,45-55,61-63,98-102H,12-16,21-36,80H2,1-11H3,(H,81,113)(H,82,103)(H,83,118)(H,84,104)(H,85,111)(H,86,119)(H,87,121)(H,88,116)(H,89,114)(H,90,122)(H,91,112)(H,92,120)(H,93,115)(H,94,117)(H,95,124)(H,96,123)(H,105,106)(H,107,108)(H,109,110)(H,126,127)/t38-,39-,40-,41-,42-,45-,46-,47-,48-,49-,50-,51-,52-,53-,54-,55-,61-,62-,63-/m0/s1. The van der Waals surface area contributed by atoms with Crippen molar-refractivity contribution in [3.05, 3.63) is 29.8 Å². The number of nitrogens with zero attached hydrogens (tertiary/aromatic N) is 1. The summed E-state index contributed by atoms with van der Waals surface area (Å²) in [5, 5.41) is 126. The average Bonchev–Trinajstić information content (AvgIpc) is 1.62. The molecule has 0 saturated carbocycles. The van der Waals surface area contributed by atoms with Gasteiger partial charge >= 0.3 is 23.9 Å². The summed E-state index contributed by atoms with van der Waals surface area (Å²) in [4.78, 5) is 283. The number of carboxylic acid groups (broad SMARTS) is 4. The van der Waals surface area contributed by atoms with Gasteiger partial charge in [0.25, 0.3) is 0 Å². The fourth-order valence-electron chi connectivity index (χ4n) is 12.6. The van der Waals surface area contributed by atoms with Crippen LogP contribution in [-0.2, 0) is 107 Å². The number of amides is 17. The van der Waals surface area contributed by atoms with Gasteiger partial charge in [-0.05, 0) is 106 Å². The van der Waals surface area contributed by atoms with E-state index in [2.05, 4.69) is 74.4 Å². The van der Waals surface area contributed by atoms with Crippen molar-refractivity contribution < 1.29 is 147 Å². The summed E-state index contributed by atoms with van der Waals surface area (Å²) in [7, 11) is 0. The minimum atomic E-state index is -2.21. The van der Waals surface area contributed by atoms with Crippen LogP contribution >= 0.6 is 11.8 Å². The van der Waals surface area contributed by atoms with Gasteiger partial charge in [0.2, 0.25) is 100 Å². The predicted octanol–water partition coefficient (Wildman–Crippen LogP) is -8.49. The number of carboxylic acids is 4. The third-order valence-corrected chi connectivity index (χ3v) is 21.4. The Morgan fingerprint density at radius 1 is 0.422 bits per heavy atom. The first-order valence-electron chi connectivity index (χ1n) is 41.6. The minimum absolute atomic E-state index is 0.0166. The smallest absolute Gasteiger partial charge is 0.328 e. The summed E-state index contributed by atoms with van der Waals surface area (Å²) in [6.45, 7) is 9.76. The second-order valence-corrected chi connectivity index (χ2v) is 32.2. The number of phenols is 1. The maximum Gasteiger partial charge on any atom is 0.328 e. The molecule has 1 aromatic rings. The number of hydrogen-bond donors (Lipinski definition) is 26. The molecule has 49 heteroatoms. The summed E-state index contributed by atoms with van der Waals surface area (Å²) in [6.07, 6.45) is -2.04. The van der Waals surface area contributed by atoms with Gasteiger partial charge < -0.3 is 142 Å². The van der Waals surface area contributed by atoms with Crippen LogP contribution in [-0.4, -0.2) is 330 Å². The second-order valence-electron chi connectivity index (χ2n) is 31.2. The Hall–Kier alpha value is -12.0. The van der Waals surface area contributed by atoms with Crippen molar-refractivity contribution in [3.63, 3.8) is 0 Å². The molecule has 0 radical (unpaired) electrons. The summed E-state index contributed by atoms with van der Waals surface area (Å²) < 4.78 is 0. The number of aromatic hydroxyl groups is 1.